The minimum absolute atomic E-state index is 0.271. The predicted octanol–water partition coefficient (Wildman–Crippen LogP) is 2.85. The first kappa shape index (κ1) is 12.0. The van der Waals surface area contributed by atoms with Crippen LogP contribution >= 0.6 is 0 Å². The first-order valence-corrected chi connectivity index (χ1v) is 6.24. The molecule has 1 aliphatic heterocycles. The molecule has 1 heterocycles. The molecule has 17 heavy (non-hydrogen) atoms. The Bertz CT molecular complexity index is 364. The largest absolute Gasteiger partial charge is 0.465 e. The summed E-state index contributed by atoms with van der Waals surface area (Å²) in [4.78, 5) is 13.7. The number of methoxy groups -OCH3 is 1. The van der Waals surface area contributed by atoms with Gasteiger partial charge < -0.3 is 9.64 Å². The number of nitrogens with zero attached hydrogens (tertiary/aromatic N) is 1. The number of hydrogen-bond donors (Lipinski definition) is 0. The first-order chi connectivity index (χ1) is 8.31. The highest BCUT2D eigenvalue weighted by atomic mass is 16.5. The molecule has 0 N–H and O–H groups in total. The molecule has 0 amide bonds. The van der Waals surface area contributed by atoms with E-state index < -0.39 is 0 Å². The van der Waals surface area contributed by atoms with E-state index in [2.05, 4.69) is 9.64 Å². The second kappa shape index (κ2) is 5.71. The SMILES string of the molecule is COC(=O)c1ccc(N2CCCCCC2)cc1. The van der Waals surface area contributed by atoms with E-state index in [-0.39, 0.29) is 5.97 Å². The van der Waals surface area contributed by atoms with Crippen LogP contribution in [0.1, 0.15) is 36.0 Å². The molecule has 1 saturated heterocycles. The Labute approximate surface area is 102 Å². The van der Waals surface area contributed by atoms with Crippen molar-refractivity contribution in [3.8, 4) is 0 Å². The van der Waals surface area contributed by atoms with Gasteiger partial charge in [-0.3, -0.25) is 0 Å². The molecule has 2 rings (SSSR count). The molecule has 92 valence electrons. The molecule has 3 nitrogen and oxygen atoms in total. The molecule has 1 aliphatic rings. The van der Waals surface area contributed by atoms with Gasteiger partial charge in [0.2, 0.25) is 0 Å². The normalized spacial score (nSPS) is 16.4. The maximum atomic E-state index is 11.3. The van der Waals surface area contributed by atoms with Crippen LogP contribution in [-0.4, -0.2) is 26.2 Å². The molecular weight excluding hydrogens is 214 g/mol. The van der Waals surface area contributed by atoms with Crippen molar-refractivity contribution >= 4 is 11.7 Å². The molecule has 1 aromatic rings. The maximum absolute atomic E-state index is 11.3. The molecule has 0 aliphatic carbocycles. The molecule has 0 aromatic heterocycles. The van der Waals surface area contributed by atoms with E-state index in [0.717, 1.165) is 13.1 Å². The zero-order valence-electron chi connectivity index (χ0n) is 10.3. The summed E-state index contributed by atoms with van der Waals surface area (Å²) in [6, 6.07) is 7.70. The van der Waals surface area contributed by atoms with Crippen LogP contribution in [0.3, 0.4) is 0 Å². The third kappa shape index (κ3) is 2.99. The predicted molar refractivity (Wildman–Crippen MR) is 68.5 cm³/mol. The monoisotopic (exact) mass is 233 g/mol. The van der Waals surface area contributed by atoms with Crippen molar-refractivity contribution < 1.29 is 9.53 Å². The van der Waals surface area contributed by atoms with Crippen molar-refractivity contribution in [2.24, 2.45) is 0 Å². The number of anilines is 1. The van der Waals surface area contributed by atoms with Crippen LogP contribution in [-0.2, 0) is 4.74 Å². The molecule has 0 atom stereocenters. The molecule has 0 saturated carbocycles. The molecule has 0 bridgehead atoms. The fourth-order valence-electron chi connectivity index (χ4n) is 2.26. The standard InChI is InChI=1S/C14H19NO2/c1-17-14(16)12-6-8-13(9-7-12)15-10-4-2-3-5-11-15/h6-9H,2-5,10-11H2,1H3. The Morgan fingerprint density at radius 1 is 1.06 bits per heavy atom. The van der Waals surface area contributed by atoms with Crippen LogP contribution in [0.4, 0.5) is 5.69 Å². The van der Waals surface area contributed by atoms with Gasteiger partial charge >= 0.3 is 5.97 Å². The van der Waals surface area contributed by atoms with Crippen LogP contribution in [0.5, 0.6) is 0 Å². The summed E-state index contributed by atoms with van der Waals surface area (Å²) in [5, 5.41) is 0. The molecule has 1 fully saturated rings. The lowest BCUT2D eigenvalue weighted by atomic mass is 10.2. The van der Waals surface area contributed by atoms with E-state index in [1.807, 2.05) is 24.3 Å². The van der Waals surface area contributed by atoms with Gasteiger partial charge in [0, 0.05) is 18.8 Å². The Balaban J connectivity index is 2.08. The topological polar surface area (TPSA) is 29.5 Å². The molecular formula is C14H19NO2. The molecule has 1 aromatic carbocycles. The van der Waals surface area contributed by atoms with Crippen LogP contribution in [0, 0.1) is 0 Å². The third-order valence-electron chi connectivity index (χ3n) is 3.26. The lowest BCUT2D eigenvalue weighted by Crippen LogP contribution is -2.23. The fourth-order valence-corrected chi connectivity index (χ4v) is 2.26. The zero-order valence-corrected chi connectivity index (χ0v) is 10.3. The van der Waals surface area contributed by atoms with Crippen molar-refractivity contribution in [2.45, 2.75) is 25.7 Å². The lowest BCUT2D eigenvalue weighted by molar-refractivity contribution is 0.0601. The Kier molecular flexibility index (Phi) is 4.02. The molecule has 0 unspecified atom stereocenters. The number of ether oxygens (including phenoxy) is 1. The summed E-state index contributed by atoms with van der Waals surface area (Å²) in [6.07, 6.45) is 5.19. The highest BCUT2D eigenvalue weighted by molar-refractivity contribution is 5.89. The van der Waals surface area contributed by atoms with Gasteiger partial charge in [-0.15, -0.1) is 0 Å². The number of benzene rings is 1. The second-order valence-corrected chi connectivity index (χ2v) is 4.44. The quantitative estimate of drug-likeness (QED) is 0.736. The van der Waals surface area contributed by atoms with Gasteiger partial charge in [-0.2, -0.15) is 0 Å². The van der Waals surface area contributed by atoms with Gasteiger partial charge in [-0.1, -0.05) is 12.8 Å². The number of rotatable bonds is 2. The average Bonchev–Trinajstić information content (AvgIpc) is 2.67. The lowest BCUT2D eigenvalue weighted by Gasteiger charge is -2.22. The third-order valence-corrected chi connectivity index (χ3v) is 3.26. The van der Waals surface area contributed by atoms with Crippen molar-refractivity contribution in [3.05, 3.63) is 29.8 Å². The van der Waals surface area contributed by atoms with Crippen LogP contribution in [0.2, 0.25) is 0 Å². The summed E-state index contributed by atoms with van der Waals surface area (Å²) < 4.78 is 4.69. The minimum atomic E-state index is -0.271. The van der Waals surface area contributed by atoms with E-state index in [9.17, 15) is 4.79 Å². The van der Waals surface area contributed by atoms with Crippen LogP contribution in [0.15, 0.2) is 24.3 Å². The van der Waals surface area contributed by atoms with Gasteiger partial charge in [0.25, 0.3) is 0 Å². The molecule has 3 heteroatoms. The number of hydrogen-bond acceptors (Lipinski definition) is 3. The number of esters is 1. The Morgan fingerprint density at radius 2 is 1.65 bits per heavy atom. The van der Waals surface area contributed by atoms with E-state index in [1.54, 1.807) is 0 Å². The van der Waals surface area contributed by atoms with E-state index in [4.69, 9.17) is 0 Å². The smallest absolute Gasteiger partial charge is 0.337 e. The summed E-state index contributed by atoms with van der Waals surface area (Å²) >= 11 is 0. The van der Waals surface area contributed by atoms with Gasteiger partial charge in [-0.25, -0.2) is 4.79 Å². The van der Waals surface area contributed by atoms with Crippen molar-refractivity contribution in [3.63, 3.8) is 0 Å². The van der Waals surface area contributed by atoms with Gasteiger partial charge in [-0.05, 0) is 37.1 Å². The first-order valence-electron chi connectivity index (χ1n) is 6.24. The number of carbonyl (C=O) groups is 1. The van der Waals surface area contributed by atoms with Crippen molar-refractivity contribution in [1.82, 2.24) is 0 Å². The summed E-state index contributed by atoms with van der Waals surface area (Å²) in [5.74, 6) is -0.271. The van der Waals surface area contributed by atoms with E-state index >= 15 is 0 Å². The van der Waals surface area contributed by atoms with Crippen LogP contribution < -0.4 is 4.90 Å². The highest BCUT2D eigenvalue weighted by Crippen LogP contribution is 2.20. The Hall–Kier alpha value is -1.51. The maximum Gasteiger partial charge on any atom is 0.337 e. The summed E-state index contributed by atoms with van der Waals surface area (Å²) in [5.41, 5.74) is 1.82. The summed E-state index contributed by atoms with van der Waals surface area (Å²) in [7, 11) is 1.41. The van der Waals surface area contributed by atoms with Crippen molar-refractivity contribution in [1.29, 1.82) is 0 Å². The molecule has 0 radical (unpaired) electrons. The average molecular weight is 233 g/mol. The van der Waals surface area contributed by atoms with Crippen LogP contribution in [0.25, 0.3) is 0 Å². The molecule has 0 spiro atoms. The minimum Gasteiger partial charge on any atom is -0.465 e. The Morgan fingerprint density at radius 3 is 2.18 bits per heavy atom. The van der Waals surface area contributed by atoms with E-state index in [0.29, 0.717) is 5.56 Å². The fraction of sp³-hybridized carbons (Fsp3) is 0.500. The van der Waals surface area contributed by atoms with E-state index in [1.165, 1.54) is 38.5 Å². The zero-order chi connectivity index (χ0) is 12.1. The van der Waals surface area contributed by atoms with Gasteiger partial charge in [0.1, 0.15) is 0 Å². The highest BCUT2D eigenvalue weighted by Gasteiger charge is 2.11. The van der Waals surface area contributed by atoms with Gasteiger partial charge in [0.15, 0.2) is 0 Å². The summed E-state index contributed by atoms with van der Waals surface area (Å²) in [6.45, 7) is 2.25. The second-order valence-electron chi connectivity index (χ2n) is 4.44. The van der Waals surface area contributed by atoms with Crippen molar-refractivity contribution in [2.75, 3.05) is 25.1 Å². The van der Waals surface area contributed by atoms with Gasteiger partial charge in [0.05, 0.1) is 12.7 Å². The number of carbonyl (C=O) groups excluding carboxylic acids is 1.